The first-order valence-corrected chi connectivity index (χ1v) is 14.1. The molecule has 0 aliphatic carbocycles. The van der Waals surface area contributed by atoms with E-state index in [1.54, 1.807) is 10.9 Å². The van der Waals surface area contributed by atoms with Gasteiger partial charge in [-0.15, -0.1) is 5.10 Å². The van der Waals surface area contributed by atoms with E-state index >= 15 is 0 Å². The maximum absolute atomic E-state index is 9.94. The summed E-state index contributed by atoms with van der Waals surface area (Å²) in [5, 5.41) is 20.1. The number of rotatable bonds is 14. The lowest BCUT2D eigenvalue weighted by Gasteiger charge is -2.29. The molecule has 0 saturated carbocycles. The molecule has 0 N–H and O–H groups in total. The standard InChI is InChI=1S/C31H36N6O4/c1-36-22-27(34-35-36)23-40-16-15-38-13-14-39-17-18-41-31-30(21-32)29(9-10-33-31)26-6-5-25-20-28(8-7-24(25)19-26)37-11-3-2-4-12-37/h5-10,19-20,22H,2-4,11-18,23H2,1H3. The van der Waals surface area contributed by atoms with Gasteiger partial charge in [-0.3, -0.25) is 4.68 Å². The van der Waals surface area contributed by atoms with E-state index in [1.807, 2.05) is 19.3 Å². The average molecular weight is 557 g/mol. The minimum atomic E-state index is 0.281. The molecule has 10 heteroatoms. The first kappa shape index (κ1) is 28.5. The number of benzene rings is 2. The lowest BCUT2D eigenvalue weighted by molar-refractivity contribution is 0.00526. The fourth-order valence-corrected chi connectivity index (χ4v) is 4.93. The lowest BCUT2D eigenvalue weighted by atomic mass is 9.98. The number of pyridine rings is 1. The molecule has 4 aromatic rings. The van der Waals surface area contributed by atoms with Gasteiger partial charge in [0.2, 0.25) is 5.88 Å². The predicted octanol–water partition coefficient (Wildman–Crippen LogP) is 4.52. The van der Waals surface area contributed by atoms with E-state index in [-0.39, 0.29) is 6.61 Å². The van der Waals surface area contributed by atoms with Gasteiger partial charge in [-0.1, -0.05) is 23.4 Å². The van der Waals surface area contributed by atoms with Crippen LogP contribution in [0.5, 0.6) is 5.88 Å². The zero-order valence-electron chi connectivity index (χ0n) is 23.5. The van der Waals surface area contributed by atoms with Crippen molar-refractivity contribution in [2.45, 2.75) is 25.9 Å². The molecule has 2 aromatic carbocycles. The summed E-state index contributed by atoms with van der Waals surface area (Å²) in [5.41, 5.74) is 4.24. The molecule has 0 atom stereocenters. The Morgan fingerprint density at radius 3 is 2.34 bits per heavy atom. The summed E-state index contributed by atoms with van der Waals surface area (Å²) in [7, 11) is 1.82. The molecule has 10 nitrogen and oxygen atoms in total. The number of nitriles is 1. The summed E-state index contributed by atoms with van der Waals surface area (Å²) in [4.78, 5) is 6.77. The molecule has 1 fully saturated rings. The number of piperidine rings is 1. The SMILES string of the molecule is Cn1cc(COCCOCCOCCOc2nccc(-c3ccc4cc(N5CCCCC5)ccc4c3)c2C#N)nn1. The highest BCUT2D eigenvalue weighted by atomic mass is 16.6. The summed E-state index contributed by atoms with van der Waals surface area (Å²) in [6.07, 6.45) is 7.32. The van der Waals surface area contributed by atoms with Crippen molar-refractivity contribution in [3.63, 3.8) is 0 Å². The second-order valence-electron chi connectivity index (χ2n) is 9.95. The highest BCUT2D eigenvalue weighted by molar-refractivity contribution is 5.90. The number of hydrogen-bond donors (Lipinski definition) is 0. The quantitative estimate of drug-likeness (QED) is 0.207. The van der Waals surface area contributed by atoms with Gasteiger partial charge in [0.25, 0.3) is 0 Å². The highest BCUT2D eigenvalue weighted by Crippen LogP contribution is 2.32. The van der Waals surface area contributed by atoms with E-state index in [0.717, 1.165) is 35.3 Å². The molecule has 0 radical (unpaired) electrons. The molecule has 1 saturated heterocycles. The van der Waals surface area contributed by atoms with Crippen LogP contribution < -0.4 is 9.64 Å². The third-order valence-corrected chi connectivity index (χ3v) is 6.99. The van der Waals surface area contributed by atoms with Gasteiger partial charge >= 0.3 is 0 Å². The van der Waals surface area contributed by atoms with Crippen LogP contribution in [-0.2, 0) is 27.9 Å². The molecule has 3 heterocycles. The fraction of sp³-hybridized carbons (Fsp3) is 0.419. The van der Waals surface area contributed by atoms with Crippen LogP contribution >= 0.6 is 0 Å². The normalized spacial score (nSPS) is 13.4. The second-order valence-corrected chi connectivity index (χ2v) is 9.95. The minimum Gasteiger partial charge on any atom is -0.474 e. The van der Waals surface area contributed by atoms with E-state index in [9.17, 15) is 5.26 Å². The number of aromatic nitrogens is 4. The smallest absolute Gasteiger partial charge is 0.232 e. The highest BCUT2D eigenvalue weighted by Gasteiger charge is 2.15. The third-order valence-electron chi connectivity index (χ3n) is 6.99. The number of anilines is 1. The van der Waals surface area contributed by atoms with Crippen molar-refractivity contribution in [1.82, 2.24) is 20.0 Å². The van der Waals surface area contributed by atoms with Crippen LogP contribution in [0.2, 0.25) is 0 Å². The Morgan fingerprint density at radius 1 is 0.854 bits per heavy atom. The van der Waals surface area contributed by atoms with E-state index in [1.165, 1.54) is 30.3 Å². The molecule has 0 bridgehead atoms. The van der Waals surface area contributed by atoms with Gasteiger partial charge in [0, 0.05) is 37.6 Å². The Morgan fingerprint density at radius 2 is 1.59 bits per heavy atom. The summed E-state index contributed by atoms with van der Waals surface area (Å²) < 4.78 is 24.1. The van der Waals surface area contributed by atoms with Crippen molar-refractivity contribution in [3.8, 4) is 23.1 Å². The molecular formula is C31H36N6O4. The van der Waals surface area contributed by atoms with E-state index in [4.69, 9.17) is 18.9 Å². The van der Waals surface area contributed by atoms with Gasteiger partial charge in [-0.2, -0.15) is 5.26 Å². The molecule has 1 aliphatic rings. The van der Waals surface area contributed by atoms with Gasteiger partial charge in [0.15, 0.2) is 0 Å². The Labute approximate surface area is 240 Å². The van der Waals surface area contributed by atoms with Crippen molar-refractivity contribution in [1.29, 1.82) is 5.26 Å². The third kappa shape index (κ3) is 7.79. The van der Waals surface area contributed by atoms with Gasteiger partial charge in [-0.05, 0) is 59.9 Å². The van der Waals surface area contributed by atoms with Crippen LogP contribution in [0.4, 0.5) is 5.69 Å². The fourth-order valence-electron chi connectivity index (χ4n) is 4.93. The number of nitrogens with zero attached hydrogens (tertiary/aromatic N) is 6. The van der Waals surface area contributed by atoms with Crippen molar-refractivity contribution in [2.75, 3.05) is 57.6 Å². The lowest BCUT2D eigenvalue weighted by Crippen LogP contribution is -2.29. The topological polar surface area (TPSA) is 108 Å². The number of aryl methyl sites for hydroxylation is 1. The summed E-state index contributed by atoms with van der Waals surface area (Å²) in [6.45, 7) is 5.11. The summed E-state index contributed by atoms with van der Waals surface area (Å²) in [6, 6.07) is 17.1. The Kier molecular flexibility index (Phi) is 10.1. The van der Waals surface area contributed by atoms with Crippen LogP contribution in [0, 0.1) is 11.3 Å². The van der Waals surface area contributed by atoms with E-state index in [2.05, 4.69) is 62.7 Å². The zero-order chi connectivity index (χ0) is 28.3. The zero-order valence-corrected chi connectivity index (χ0v) is 23.5. The molecule has 0 spiro atoms. The van der Waals surface area contributed by atoms with Gasteiger partial charge in [-0.25, -0.2) is 4.98 Å². The van der Waals surface area contributed by atoms with Crippen LogP contribution in [0.25, 0.3) is 21.9 Å². The molecule has 214 valence electrons. The number of hydrogen-bond acceptors (Lipinski definition) is 9. The van der Waals surface area contributed by atoms with E-state index in [0.29, 0.717) is 51.1 Å². The summed E-state index contributed by atoms with van der Waals surface area (Å²) in [5.74, 6) is 0.311. The molecule has 0 amide bonds. The molecule has 5 rings (SSSR count). The summed E-state index contributed by atoms with van der Waals surface area (Å²) >= 11 is 0. The first-order chi connectivity index (χ1) is 20.2. The van der Waals surface area contributed by atoms with Crippen molar-refractivity contribution in [3.05, 3.63) is 66.1 Å². The van der Waals surface area contributed by atoms with Crippen LogP contribution in [0.15, 0.2) is 54.9 Å². The Balaban J connectivity index is 1.07. The van der Waals surface area contributed by atoms with E-state index < -0.39 is 0 Å². The maximum atomic E-state index is 9.94. The Hall–Kier alpha value is -4.04. The van der Waals surface area contributed by atoms with Crippen molar-refractivity contribution < 1.29 is 18.9 Å². The number of ether oxygens (including phenoxy) is 4. The molecule has 41 heavy (non-hydrogen) atoms. The largest absolute Gasteiger partial charge is 0.474 e. The molecular weight excluding hydrogens is 520 g/mol. The van der Waals surface area contributed by atoms with Gasteiger partial charge in [0.05, 0.1) is 45.8 Å². The minimum absolute atomic E-state index is 0.281. The van der Waals surface area contributed by atoms with Crippen molar-refractivity contribution >= 4 is 16.5 Å². The average Bonchev–Trinajstić information content (AvgIpc) is 3.44. The first-order valence-electron chi connectivity index (χ1n) is 14.1. The monoisotopic (exact) mass is 556 g/mol. The van der Waals surface area contributed by atoms with Gasteiger partial charge in [0.1, 0.15) is 23.9 Å². The number of fused-ring (bicyclic) bond motifs is 1. The predicted molar refractivity (Wildman–Crippen MR) is 156 cm³/mol. The van der Waals surface area contributed by atoms with Crippen molar-refractivity contribution in [2.24, 2.45) is 7.05 Å². The van der Waals surface area contributed by atoms with Crippen LogP contribution in [0.1, 0.15) is 30.5 Å². The Bertz CT molecular complexity index is 1460. The molecule has 0 unspecified atom stereocenters. The second kappa shape index (κ2) is 14.6. The maximum Gasteiger partial charge on any atom is 0.232 e. The van der Waals surface area contributed by atoms with Gasteiger partial charge < -0.3 is 23.8 Å². The van der Waals surface area contributed by atoms with Crippen LogP contribution in [0.3, 0.4) is 0 Å². The van der Waals surface area contributed by atoms with Crippen LogP contribution in [-0.4, -0.2) is 72.7 Å². The molecule has 1 aliphatic heterocycles. The molecule has 2 aromatic heterocycles.